The van der Waals surface area contributed by atoms with Crippen LogP contribution in [0.15, 0.2) is 28.5 Å². The molecule has 0 aromatic carbocycles. The summed E-state index contributed by atoms with van der Waals surface area (Å²) in [6.07, 6.45) is 3.78. The number of aryl methyl sites for hydroxylation is 1. The molecule has 9 heteroatoms. The van der Waals surface area contributed by atoms with E-state index >= 15 is 0 Å². The maximum atomic E-state index is 6.35. The Morgan fingerprint density at radius 1 is 1.21 bits per heavy atom. The third kappa shape index (κ3) is 3.44. The van der Waals surface area contributed by atoms with Gasteiger partial charge in [0.1, 0.15) is 10.8 Å². The lowest BCUT2D eigenvalue weighted by atomic mass is 10.2. The van der Waals surface area contributed by atoms with Gasteiger partial charge in [0.15, 0.2) is 10.3 Å². The van der Waals surface area contributed by atoms with Gasteiger partial charge in [-0.25, -0.2) is 15.0 Å². The Labute approximate surface area is 158 Å². The molecule has 0 spiro atoms. The Kier molecular flexibility index (Phi) is 5.15. The number of hydrogen-bond donors (Lipinski definition) is 1. The van der Waals surface area contributed by atoms with Gasteiger partial charge in [-0.3, -0.25) is 0 Å². The average Bonchev–Trinajstić information content (AvgIpc) is 2.81. The van der Waals surface area contributed by atoms with Crippen LogP contribution in [0.25, 0.3) is 10.9 Å². The number of aromatic nitrogens is 4. The Morgan fingerprint density at radius 2 is 1.96 bits per heavy atom. The number of pyridine rings is 1. The molecule has 0 aliphatic rings. The van der Waals surface area contributed by atoms with Gasteiger partial charge in [-0.1, -0.05) is 35.0 Å². The van der Waals surface area contributed by atoms with Gasteiger partial charge >= 0.3 is 0 Å². The normalized spacial score (nSPS) is 12.7. The van der Waals surface area contributed by atoms with Gasteiger partial charge in [0, 0.05) is 24.7 Å². The van der Waals surface area contributed by atoms with E-state index in [9.17, 15) is 0 Å². The molecule has 0 bridgehead atoms. The van der Waals surface area contributed by atoms with Gasteiger partial charge in [0.25, 0.3) is 0 Å². The standard InChI is InChI=1S/C15H15Cl2N5S2/c1-7(24-15-20-11(18)5-12(21-15)23-3)10-4-8-9(16)6-22(2)13(8)14(17)19-10/h4-7H,1-3H3,(H2,18,20,21). The van der Waals surface area contributed by atoms with Crippen LogP contribution >= 0.6 is 46.7 Å². The van der Waals surface area contributed by atoms with Crippen molar-refractivity contribution in [3.05, 3.63) is 34.2 Å². The Hall–Kier alpha value is -1.15. The minimum atomic E-state index is -0.000297. The van der Waals surface area contributed by atoms with Crippen molar-refractivity contribution in [2.75, 3.05) is 12.0 Å². The zero-order valence-electron chi connectivity index (χ0n) is 13.2. The van der Waals surface area contributed by atoms with E-state index in [1.165, 1.54) is 23.5 Å². The van der Waals surface area contributed by atoms with Crippen molar-refractivity contribution in [1.29, 1.82) is 0 Å². The predicted octanol–water partition coefficient (Wildman–Crippen LogP) is 4.83. The molecule has 126 valence electrons. The highest BCUT2D eigenvalue weighted by atomic mass is 35.5. The van der Waals surface area contributed by atoms with E-state index in [1.54, 1.807) is 6.07 Å². The molecule has 0 fully saturated rings. The molecule has 0 aliphatic heterocycles. The SMILES string of the molecule is CSc1cc(N)nc(SC(C)c2cc3c(Cl)cn(C)c3c(Cl)n2)n1. The lowest BCUT2D eigenvalue weighted by molar-refractivity contribution is 0.888. The third-order valence-corrected chi connectivity index (χ3v) is 5.68. The second-order valence-corrected chi connectivity index (χ2v) is 8.10. The Balaban J connectivity index is 1.95. The summed E-state index contributed by atoms with van der Waals surface area (Å²) in [5, 5.41) is 3.43. The van der Waals surface area contributed by atoms with E-state index in [-0.39, 0.29) is 5.25 Å². The fourth-order valence-corrected chi connectivity index (χ4v) is 4.32. The van der Waals surface area contributed by atoms with E-state index in [4.69, 9.17) is 28.9 Å². The Morgan fingerprint density at radius 3 is 2.67 bits per heavy atom. The number of halogens is 2. The molecule has 0 amide bonds. The lowest BCUT2D eigenvalue weighted by Crippen LogP contribution is -2.00. The molecular weight excluding hydrogens is 385 g/mol. The van der Waals surface area contributed by atoms with Crippen molar-refractivity contribution in [3.63, 3.8) is 0 Å². The number of thioether (sulfide) groups is 2. The van der Waals surface area contributed by atoms with Crippen LogP contribution in [0.3, 0.4) is 0 Å². The van der Waals surface area contributed by atoms with Gasteiger partial charge in [0.05, 0.1) is 21.5 Å². The maximum Gasteiger partial charge on any atom is 0.191 e. The molecule has 1 unspecified atom stereocenters. The predicted molar refractivity (Wildman–Crippen MR) is 103 cm³/mol. The molecule has 0 saturated carbocycles. The second-order valence-electron chi connectivity index (χ2n) is 5.20. The van der Waals surface area contributed by atoms with Crippen molar-refractivity contribution in [2.45, 2.75) is 22.4 Å². The molecule has 5 nitrogen and oxygen atoms in total. The van der Waals surface area contributed by atoms with Gasteiger partial charge in [0.2, 0.25) is 0 Å². The molecule has 0 aliphatic carbocycles. The molecule has 0 radical (unpaired) electrons. The average molecular weight is 400 g/mol. The lowest BCUT2D eigenvalue weighted by Gasteiger charge is -2.12. The van der Waals surface area contributed by atoms with Crippen molar-refractivity contribution in [3.8, 4) is 0 Å². The first-order chi connectivity index (χ1) is 11.4. The summed E-state index contributed by atoms with van der Waals surface area (Å²) in [7, 11) is 1.89. The minimum absolute atomic E-state index is 0.000297. The maximum absolute atomic E-state index is 6.35. The molecule has 24 heavy (non-hydrogen) atoms. The number of nitrogens with two attached hydrogens (primary N) is 1. The van der Waals surface area contributed by atoms with Crippen molar-refractivity contribution >= 4 is 63.4 Å². The first-order valence-electron chi connectivity index (χ1n) is 7.05. The first-order valence-corrected chi connectivity index (χ1v) is 9.91. The van der Waals surface area contributed by atoms with Gasteiger partial charge in [-0.05, 0) is 19.2 Å². The summed E-state index contributed by atoms with van der Waals surface area (Å²) in [4.78, 5) is 13.3. The largest absolute Gasteiger partial charge is 0.384 e. The molecule has 1 atom stereocenters. The summed E-state index contributed by atoms with van der Waals surface area (Å²) < 4.78 is 1.88. The number of anilines is 1. The second kappa shape index (κ2) is 7.00. The molecule has 0 saturated heterocycles. The van der Waals surface area contributed by atoms with Crippen LogP contribution in [0.2, 0.25) is 10.2 Å². The smallest absolute Gasteiger partial charge is 0.191 e. The monoisotopic (exact) mass is 399 g/mol. The minimum Gasteiger partial charge on any atom is -0.384 e. The van der Waals surface area contributed by atoms with Crippen LogP contribution in [0.1, 0.15) is 17.9 Å². The Bertz CT molecular complexity index is 913. The van der Waals surface area contributed by atoms with E-state index < -0.39 is 0 Å². The van der Waals surface area contributed by atoms with E-state index in [0.29, 0.717) is 21.2 Å². The summed E-state index contributed by atoms with van der Waals surface area (Å²) >= 11 is 15.6. The summed E-state index contributed by atoms with van der Waals surface area (Å²) in [5.74, 6) is 0.455. The molecule has 3 heterocycles. The highest BCUT2D eigenvalue weighted by Crippen LogP contribution is 2.37. The van der Waals surface area contributed by atoms with Crippen LogP contribution in [0.5, 0.6) is 0 Å². The van der Waals surface area contributed by atoms with Gasteiger partial charge in [-0.15, -0.1) is 11.8 Å². The molecule has 3 rings (SSSR count). The van der Waals surface area contributed by atoms with Crippen LogP contribution < -0.4 is 5.73 Å². The van der Waals surface area contributed by atoms with Crippen molar-refractivity contribution in [1.82, 2.24) is 19.5 Å². The molecule has 2 N–H and O–H groups in total. The van der Waals surface area contributed by atoms with E-state index in [0.717, 1.165) is 21.6 Å². The molecular formula is C15H15Cl2N5S2. The zero-order chi connectivity index (χ0) is 17.4. The number of rotatable bonds is 4. The van der Waals surface area contributed by atoms with Crippen LogP contribution in [-0.2, 0) is 7.05 Å². The topological polar surface area (TPSA) is 69.6 Å². The fraction of sp³-hybridized carbons (Fsp3) is 0.267. The number of hydrogen-bond acceptors (Lipinski definition) is 6. The van der Waals surface area contributed by atoms with E-state index in [2.05, 4.69) is 15.0 Å². The zero-order valence-corrected chi connectivity index (χ0v) is 16.4. The fourth-order valence-electron chi connectivity index (χ4n) is 2.35. The molecule has 3 aromatic heterocycles. The quantitative estimate of drug-likeness (QED) is 0.293. The highest BCUT2D eigenvalue weighted by Gasteiger charge is 2.17. The summed E-state index contributed by atoms with van der Waals surface area (Å²) in [6.45, 7) is 2.03. The summed E-state index contributed by atoms with van der Waals surface area (Å²) in [6, 6.07) is 3.72. The van der Waals surface area contributed by atoms with Crippen molar-refractivity contribution < 1.29 is 0 Å². The van der Waals surface area contributed by atoms with E-state index in [1.807, 2.05) is 37.1 Å². The summed E-state index contributed by atoms with van der Waals surface area (Å²) in [5.41, 5.74) is 7.48. The third-order valence-electron chi connectivity index (χ3n) is 3.50. The van der Waals surface area contributed by atoms with Crippen LogP contribution in [-0.4, -0.2) is 25.8 Å². The molecule has 3 aromatic rings. The first kappa shape index (κ1) is 17.7. The van der Waals surface area contributed by atoms with Crippen molar-refractivity contribution in [2.24, 2.45) is 7.05 Å². The number of nitrogen functional groups attached to an aromatic ring is 1. The van der Waals surface area contributed by atoms with Gasteiger partial charge < -0.3 is 10.3 Å². The highest BCUT2D eigenvalue weighted by molar-refractivity contribution is 7.99. The number of nitrogens with zero attached hydrogens (tertiary/aromatic N) is 4. The van der Waals surface area contributed by atoms with Gasteiger partial charge in [-0.2, -0.15) is 0 Å². The number of fused-ring (bicyclic) bond motifs is 1. The van der Waals surface area contributed by atoms with Crippen LogP contribution in [0.4, 0.5) is 5.82 Å². The van der Waals surface area contributed by atoms with Crippen LogP contribution in [0, 0.1) is 0 Å².